The van der Waals surface area contributed by atoms with Crippen LogP contribution in [0.15, 0.2) is 12.3 Å². The minimum Gasteiger partial charge on any atom is -0.481 e. The molecule has 76 valence electrons. The maximum atomic E-state index is 11.1. The van der Waals surface area contributed by atoms with Crippen molar-refractivity contribution in [3.63, 3.8) is 0 Å². The van der Waals surface area contributed by atoms with Gasteiger partial charge < -0.3 is 10.4 Å². The lowest BCUT2D eigenvalue weighted by molar-refractivity contribution is -0.136. The Morgan fingerprint density at radius 1 is 1.57 bits per heavy atom. The number of carbonyl (C=O) groups excluding carboxylic acids is 1. The third-order valence-electron chi connectivity index (χ3n) is 1.57. The molecule has 0 aromatic carbocycles. The fraction of sp³-hybridized carbons (Fsp3) is 0.375. The Hall–Kier alpha value is -1.85. The first-order valence-corrected chi connectivity index (χ1v) is 4.15. The van der Waals surface area contributed by atoms with Crippen LogP contribution in [0.3, 0.4) is 0 Å². The van der Waals surface area contributed by atoms with Crippen LogP contribution in [0, 0.1) is 0 Å². The van der Waals surface area contributed by atoms with Gasteiger partial charge in [0.25, 0.3) is 0 Å². The molecular weight excluding hydrogens is 186 g/mol. The van der Waals surface area contributed by atoms with Gasteiger partial charge >= 0.3 is 5.97 Å². The SMILES string of the molecule is O=C(O)CCNC(=O)Cc1ccn[nH]1. The molecule has 1 rings (SSSR count). The fourth-order valence-corrected chi connectivity index (χ4v) is 0.927. The average molecular weight is 197 g/mol. The van der Waals surface area contributed by atoms with E-state index in [9.17, 15) is 9.59 Å². The Balaban J connectivity index is 2.20. The summed E-state index contributed by atoms with van der Waals surface area (Å²) in [4.78, 5) is 21.3. The van der Waals surface area contributed by atoms with Gasteiger partial charge in [-0.05, 0) is 6.07 Å². The van der Waals surface area contributed by atoms with E-state index in [2.05, 4.69) is 15.5 Å². The molecule has 0 spiro atoms. The molecule has 6 nitrogen and oxygen atoms in total. The Kier molecular flexibility index (Phi) is 3.66. The number of H-pyrrole nitrogens is 1. The van der Waals surface area contributed by atoms with Crippen molar-refractivity contribution in [1.29, 1.82) is 0 Å². The first-order valence-electron chi connectivity index (χ1n) is 4.15. The van der Waals surface area contributed by atoms with Crippen LogP contribution < -0.4 is 5.32 Å². The molecule has 0 atom stereocenters. The Morgan fingerprint density at radius 2 is 2.36 bits per heavy atom. The summed E-state index contributed by atoms with van der Waals surface area (Å²) in [7, 11) is 0. The standard InChI is InChI=1S/C8H11N3O3/c12-7(9-3-2-8(13)14)5-6-1-4-10-11-6/h1,4H,2-3,5H2,(H,9,12)(H,10,11)(H,13,14). The van der Waals surface area contributed by atoms with Crippen molar-refractivity contribution in [3.8, 4) is 0 Å². The number of aromatic nitrogens is 2. The molecule has 0 saturated heterocycles. The molecule has 0 aliphatic rings. The van der Waals surface area contributed by atoms with Gasteiger partial charge in [0, 0.05) is 18.4 Å². The van der Waals surface area contributed by atoms with E-state index in [1.54, 1.807) is 12.3 Å². The molecule has 1 aromatic rings. The van der Waals surface area contributed by atoms with E-state index < -0.39 is 5.97 Å². The van der Waals surface area contributed by atoms with Gasteiger partial charge in [-0.25, -0.2) is 0 Å². The summed E-state index contributed by atoms with van der Waals surface area (Å²) in [5, 5.41) is 17.1. The highest BCUT2D eigenvalue weighted by Crippen LogP contribution is 1.92. The van der Waals surface area contributed by atoms with E-state index in [0.29, 0.717) is 5.69 Å². The van der Waals surface area contributed by atoms with Crippen LogP contribution in [0.4, 0.5) is 0 Å². The van der Waals surface area contributed by atoms with Crippen LogP contribution in [0.25, 0.3) is 0 Å². The fourth-order valence-electron chi connectivity index (χ4n) is 0.927. The van der Waals surface area contributed by atoms with Gasteiger partial charge in [-0.15, -0.1) is 0 Å². The van der Waals surface area contributed by atoms with Crippen LogP contribution in [0.5, 0.6) is 0 Å². The van der Waals surface area contributed by atoms with Gasteiger partial charge in [-0.1, -0.05) is 0 Å². The number of nitrogens with one attached hydrogen (secondary N) is 2. The van der Waals surface area contributed by atoms with Gasteiger partial charge in [0.05, 0.1) is 12.8 Å². The van der Waals surface area contributed by atoms with Gasteiger partial charge in [-0.2, -0.15) is 5.10 Å². The molecule has 14 heavy (non-hydrogen) atoms. The zero-order valence-corrected chi connectivity index (χ0v) is 7.49. The Bertz CT molecular complexity index is 308. The number of rotatable bonds is 5. The highest BCUT2D eigenvalue weighted by atomic mass is 16.4. The number of carboxylic acids is 1. The number of nitrogens with zero attached hydrogens (tertiary/aromatic N) is 1. The van der Waals surface area contributed by atoms with Gasteiger partial charge in [0.15, 0.2) is 0 Å². The summed E-state index contributed by atoms with van der Waals surface area (Å²) in [6.45, 7) is 0.155. The first-order chi connectivity index (χ1) is 6.68. The summed E-state index contributed by atoms with van der Waals surface area (Å²) in [5.74, 6) is -1.14. The van der Waals surface area contributed by atoms with Crippen molar-refractivity contribution < 1.29 is 14.7 Å². The number of hydrogen-bond acceptors (Lipinski definition) is 3. The predicted octanol–water partition coefficient (Wildman–Crippen LogP) is -0.457. The molecule has 1 aromatic heterocycles. The second-order valence-corrected chi connectivity index (χ2v) is 2.75. The third kappa shape index (κ3) is 3.70. The molecular formula is C8H11N3O3. The van der Waals surface area contributed by atoms with Crippen LogP contribution in [0.1, 0.15) is 12.1 Å². The normalized spacial score (nSPS) is 9.71. The van der Waals surface area contributed by atoms with E-state index in [4.69, 9.17) is 5.11 Å². The molecule has 6 heteroatoms. The largest absolute Gasteiger partial charge is 0.481 e. The maximum Gasteiger partial charge on any atom is 0.305 e. The summed E-state index contributed by atoms with van der Waals surface area (Å²) < 4.78 is 0. The van der Waals surface area contributed by atoms with E-state index in [-0.39, 0.29) is 25.3 Å². The molecule has 0 aliphatic heterocycles. The Labute approximate surface area is 80.3 Å². The van der Waals surface area contributed by atoms with E-state index >= 15 is 0 Å². The summed E-state index contributed by atoms with van der Waals surface area (Å²) in [6.07, 6.45) is 1.69. The lowest BCUT2D eigenvalue weighted by atomic mass is 10.3. The van der Waals surface area contributed by atoms with Crippen LogP contribution in [-0.4, -0.2) is 33.7 Å². The van der Waals surface area contributed by atoms with E-state index in [1.807, 2.05) is 0 Å². The maximum absolute atomic E-state index is 11.1. The van der Waals surface area contributed by atoms with E-state index in [1.165, 1.54) is 0 Å². The third-order valence-corrected chi connectivity index (χ3v) is 1.57. The number of aliphatic carboxylic acids is 1. The lowest BCUT2D eigenvalue weighted by Crippen LogP contribution is -2.27. The summed E-state index contributed by atoms with van der Waals surface area (Å²) in [6, 6.07) is 1.69. The number of amides is 1. The minimum absolute atomic E-state index is 0.0608. The van der Waals surface area contributed by atoms with Crippen molar-refractivity contribution in [3.05, 3.63) is 18.0 Å². The second-order valence-electron chi connectivity index (χ2n) is 2.75. The summed E-state index contributed by atoms with van der Waals surface area (Å²) in [5.41, 5.74) is 0.706. The molecule has 3 N–H and O–H groups in total. The smallest absolute Gasteiger partial charge is 0.305 e. The molecule has 1 amide bonds. The zero-order valence-electron chi connectivity index (χ0n) is 7.49. The first kappa shape index (κ1) is 10.2. The lowest BCUT2D eigenvalue weighted by Gasteiger charge is -2.01. The number of carbonyl (C=O) groups is 2. The van der Waals surface area contributed by atoms with Crippen molar-refractivity contribution in [1.82, 2.24) is 15.5 Å². The highest BCUT2D eigenvalue weighted by Gasteiger charge is 2.04. The second kappa shape index (κ2) is 5.00. The van der Waals surface area contributed by atoms with E-state index in [0.717, 1.165) is 0 Å². The molecule has 0 unspecified atom stereocenters. The minimum atomic E-state index is -0.924. The highest BCUT2D eigenvalue weighted by molar-refractivity contribution is 5.78. The molecule has 0 fully saturated rings. The quantitative estimate of drug-likeness (QED) is 0.595. The Morgan fingerprint density at radius 3 is 2.93 bits per heavy atom. The van der Waals surface area contributed by atoms with Gasteiger partial charge in [0.2, 0.25) is 5.91 Å². The monoisotopic (exact) mass is 197 g/mol. The molecule has 0 aliphatic carbocycles. The van der Waals surface area contributed by atoms with Gasteiger partial charge in [-0.3, -0.25) is 14.7 Å². The van der Waals surface area contributed by atoms with Crippen molar-refractivity contribution in [2.24, 2.45) is 0 Å². The van der Waals surface area contributed by atoms with Crippen molar-refractivity contribution >= 4 is 11.9 Å². The summed E-state index contributed by atoms with van der Waals surface area (Å²) >= 11 is 0. The van der Waals surface area contributed by atoms with Crippen LogP contribution in [-0.2, 0) is 16.0 Å². The van der Waals surface area contributed by atoms with Gasteiger partial charge in [0.1, 0.15) is 0 Å². The predicted molar refractivity (Wildman–Crippen MR) is 47.6 cm³/mol. The van der Waals surface area contributed by atoms with Crippen molar-refractivity contribution in [2.75, 3.05) is 6.54 Å². The molecule has 0 saturated carbocycles. The van der Waals surface area contributed by atoms with Crippen molar-refractivity contribution in [2.45, 2.75) is 12.8 Å². The number of carboxylic acid groups (broad SMARTS) is 1. The molecule has 0 radical (unpaired) electrons. The van der Waals surface area contributed by atoms with Crippen LogP contribution in [0.2, 0.25) is 0 Å². The molecule has 1 heterocycles. The number of hydrogen-bond donors (Lipinski definition) is 3. The van der Waals surface area contributed by atoms with Crippen LogP contribution >= 0.6 is 0 Å². The topological polar surface area (TPSA) is 95.1 Å². The molecule has 0 bridgehead atoms. The average Bonchev–Trinajstić information content (AvgIpc) is 2.56. The zero-order chi connectivity index (χ0) is 10.4. The number of aromatic amines is 1.